The van der Waals surface area contributed by atoms with E-state index < -0.39 is 11.6 Å². The lowest BCUT2D eigenvalue weighted by Crippen LogP contribution is -2.61. The second-order valence-electron chi connectivity index (χ2n) is 11.5. The number of hydrogen-bond acceptors (Lipinski definition) is 7. The fraction of sp³-hybridized carbons (Fsp3) is 0.840. The van der Waals surface area contributed by atoms with E-state index in [2.05, 4.69) is 10.6 Å². The van der Waals surface area contributed by atoms with Gasteiger partial charge in [-0.1, -0.05) is 20.8 Å². The molecule has 0 saturated carbocycles. The van der Waals surface area contributed by atoms with Crippen molar-refractivity contribution in [2.24, 2.45) is 11.1 Å². The molecule has 4 amide bonds. The van der Waals surface area contributed by atoms with Crippen LogP contribution in [0.1, 0.15) is 59.3 Å². The molecule has 0 aromatic carbocycles. The summed E-state index contributed by atoms with van der Waals surface area (Å²) in [5.41, 5.74) is 5.20. The van der Waals surface area contributed by atoms with Crippen molar-refractivity contribution in [3.05, 3.63) is 0 Å². The third-order valence-corrected chi connectivity index (χ3v) is 7.07. The van der Waals surface area contributed by atoms with Crippen LogP contribution in [0.4, 0.5) is 0 Å². The van der Waals surface area contributed by atoms with Gasteiger partial charge in [0.25, 0.3) is 0 Å². The van der Waals surface area contributed by atoms with Crippen molar-refractivity contribution in [1.29, 1.82) is 0 Å². The van der Waals surface area contributed by atoms with Gasteiger partial charge in [0.05, 0.1) is 31.8 Å². The quantitative estimate of drug-likeness (QED) is 0.443. The first-order valence-corrected chi connectivity index (χ1v) is 13.1. The van der Waals surface area contributed by atoms with E-state index in [0.29, 0.717) is 71.5 Å². The zero-order valence-electron chi connectivity index (χ0n) is 22.0. The summed E-state index contributed by atoms with van der Waals surface area (Å²) in [4.78, 5) is 55.5. The van der Waals surface area contributed by atoms with Gasteiger partial charge in [-0.2, -0.15) is 0 Å². The maximum Gasteiger partial charge on any atom is 0.246 e. The van der Waals surface area contributed by atoms with Crippen molar-refractivity contribution >= 4 is 23.6 Å². The van der Waals surface area contributed by atoms with E-state index in [4.69, 9.17) is 15.2 Å². The number of nitrogens with one attached hydrogen (secondary N) is 2. The van der Waals surface area contributed by atoms with E-state index in [1.807, 2.05) is 25.7 Å². The molecule has 3 rings (SSSR count). The molecule has 11 heteroatoms. The van der Waals surface area contributed by atoms with Crippen LogP contribution in [0.25, 0.3) is 0 Å². The summed E-state index contributed by atoms with van der Waals surface area (Å²) in [5.74, 6) is -0.667. The van der Waals surface area contributed by atoms with Crippen LogP contribution in [0.2, 0.25) is 0 Å². The molecule has 0 aliphatic carbocycles. The van der Waals surface area contributed by atoms with Crippen molar-refractivity contribution < 1.29 is 28.7 Å². The number of rotatable bonds is 1. The summed E-state index contributed by atoms with van der Waals surface area (Å²) in [6.07, 6.45) is 2.40. The van der Waals surface area contributed by atoms with Gasteiger partial charge in [0.2, 0.25) is 23.6 Å². The van der Waals surface area contributed by atoms with Crippen molar-refractivity contribution in [3.8, 4) is 0 Å². The first-order valence-electron chi connectivity index (χ1n) is 13.1. The van der Waals surface area contributed by atoms with Gasteiger partial charge < -0.3 is 35.6 Å². The molecule has 4 N–H and O–H groups in total. The van der Waals surface area contributed by atoms with E-state index in [0.717, 1.165) is 0 Å². The van der Waals surface area contributed by atoms with Gasteiger partial charge in [0, 0.05) is 38.6 Å². The predicted octanol–water partition coefficient (Wildman–Crippen LogP) is -0.229. The number of ether oxygens (including phenoxy) is 2. The zero-order valence-corrected chi connectivity index (χ0v) is 22.0. The Balaban J connectivity index is 1.77. The maximum absolute atomic E-state index is 13.6. The lowest BCUT2D eigenvalue weighted by atomic mass is 9.82. The van der Waals surface area contributed by atoms with E-state index in [-0.39, 0.29) is 54.7 Å². The minimum Gasteiger partial charge on any atom is -0.377 e. The standard InChI is InChI=1S/C25H43N5O6/c1-24(2,3)15-21(32)29-9-5-25(6-10-29)16-22(33)30-8-4-18(26)14-19(30)23(34)27-7-11-35-12-13-36-17-20(31)28-25/h18-19H,4-17,26H2,1-3H3,(H,27,34)(H,28,31)/t18-,19+/m1/s1. The summed E-state index contributed by atoms with van der Waals surface area (Å²) in [7, 11) is 0. The fourth-order valence-corrected chi connectivity index (χ4v) is 5.11. The number of nitrogens with two attached hydrogens (primary N) is 1. The van der Waals surface area contributed by atoms with Crippen LogP contribution in [-0.4, -0.2) is 104 Å². The van der Waals surface area contributed by atoms with Gasteiger partial charge >= 0.3 is 0 Å². The third-order valence-electron chi connectivity index (χ3n) is 7.07. The zero-order chi connectivity index (χ0) is 26.3. The molecule has 3 aliphatic heterocycles. The monoisotopic (exact) mass is 509 g/mol. The summed E-state index contributed by atoms with van der Waals surface area (Å²) in [6.45, 7) is 8.40. The minimum absolute atomic E-state index is 0.0577. The molecule has 0 aromatic rings. The summed E-state index contributed by atoms with van der Waals surface area (Å²) >= 11 is 0. The van der Waals surface area contributed by atoms with E-state index in [1.54, 1.807) is 4.90 Å². The van der Waals surface area contributed by atoms with Crippen LogP contribution in [0.3, 0.4) is 0 Å². The van der Waals surface area contributed by atoms with Gasteiger partial charge in [0.15, 0.2) is 0 Å². The van der Waals surface area contributed by atoms with E-state index in [1.165, 1.54) is 0 Å². The molecule has 0 aromatic heterocycles. The normalized spacial score (nSPS) is 27.3. The largest absolute Gasteiger partial charge is 0.377 e. The average molecular weight is 510 g/mol. The predicted molar refractivity (Wildman–Crippen MR) is 133 cm³/mol. The highest BCUT2D eigenvalue weighted by Gasteiger charge is 2.43. The molecule has 3 fully saturated rings. The van der Waals surface area contributed by atoms with Gasteiger partial charge in [0.1, 0.15) is 12.6 Å². The van der Waals surface area contributed by atoms with Gasteiger partial charge in [-0.3, -0.25) is 19.2 Å². The van der Waals surface area contributed by atoms with Gasteiger partial charge in [-0.15, -0.1) is 0 Å². The number of piperidine rings is 2. The lowest BCUT2D eigenvalue weighted by Gasteiger charge is -2.44. The lowest BCUT2D eigenvalue weighted by molar-refractivity contribution is -0.145. The van der Waals surface area contributed by atoms with Crippen molar-refractivity contribution in [3.63, 3.8) is 0 Å². The van der Waals surface area contributed by atoms with Gasteiger partial charge in [-0.25, -0.2) is 0 Å². The third kappa shape index (κ3) is 8.14. The number of likely N-dealkylation sites (tertiary alicyclic amines) is 1. The number of carbonyl (C=O) groups is 4. The number of carbonyl (C=O) groups excluding carboxylic acids is 4. The molecule has 3 saturated heterocycles. The molecular formula is C25H43N5O6. The summed E-state index contributed by atoms with van der Waals surface area (Å²) < 4.78 is 10.9. The Morgan fingerprint density at radius 1 is 1.08 bits per heavy atom. The Kier molecular flexibility index (Phi) is 9.71. The van der Waals surface area contributed by atoms with Crippen LogP contribution in [0.5, 0.6) is 0 Å². The molecule has 36 heavy (non-hydrogen) atoms. The van der Waals surface area contributed by atoms with Crippen molar-refractivity contribution in [2.75, 3.05) is 52.6 Å². The van der Waals surface area contributed by atoms with Crippen LogP contribution < -0.4 is 16.4 Å². The summed E-state index contributed by atoms with van der Waals surface area (Å²) in [5, 5.41) is 5.90. The Bertz CT molecular complexity index is 805. The Hall–Kier alpha value is -2.24. The Labute approximate surface area is 213 Å². The smallest absolute Gasteiger partial charge is 0.246 e. The average Bonchev–Trinajstić information content (AvgIpc) is 2.79. The first kappa shape index (κ1) is 28.3. The minimum atomic E-state index is -0.815. The number of nitrogens with zero attached hydrogens (tertiary/aromatic N) is 2. The highest BCUT2D eigenvalue weighted by molar-refractivity contribution is 5.89. The van der Waals surface area contributed by atoms with Crippen LogP contribution in [-0.2, 0) is 28.7 Å². The topological polar surface area (TPSA) is 143 Å². The second kappa shape index (κ2) is 12.3. The molecule has 1 spiro atoms. The molecule has 3 heterocycles. The van der Waals surface area contributed by atoms with Crippen molar-refractivity contribution in [2.45, 2.75) is 76.9 Å². The van der Waals surface area contributed by atoms with Crippen LogP contribution >= 0.6 is 0 Å². The molecular weight excluding hydrogens is 466 g/mol. The molecule has 3 aliphatic rings. The van der Waals surface area contributed by atoms with Gasteiger partial charge in [-0.05, 0) is 31.1 Å². The van der Waals surface area contributed by atoms with Crippen LogP contribution in [0, 0.1) is 5.41 Å². The Morgan fingerprint density at radius 3 is 2.47 bits per heavy atom. The molecule has 0 radical (unpaired) electrons. The van der Waals surface area contributed by atoms with Crippen molar-refractivity contribution in [1.82, 2.24) is 20.4 Å². The Morgan fingerprint density at radius 2 is 1.78 bits per heavy atom. The molecule has 2 atom stereocenters. The molecule has 0 unspecified atom stereocenters. The highest BCUT2D eigenvalue weighted by Crippen LogP contribution is 2.30. The first-order chi connectivity index (χ1) is 17.0. The molecule has 11 nitrogen and oxygen atoms in total. The molecule has 0 bridgehead atoms. The highest BCUT2D eigenvalue weighted by atomic mass is 16.5. The number of amides is 4. The van der Waals surface area contributed by atoms with E-state index >= 15 is 0 Å². The molecule has 204 valence electrons. The number of fused-ring (bicyclic) bond motifs is 1. The maximum atomic E-state index is 13.6. The van der Waals surface area contributed by atoms with Crippen LogP contribution in [0.15, 0.2) is 0 Å². The summed E-state index contributed by atoms with van der Waals surface area (Å²) in [6, 6.07) is -0.812. The van der Waals surface area contributed by atoms with E-state index in [9.17, 15) is 19.2 Å². The fourth-order valence-electron chi connectivity index (χ4n) is 5.11. The SMILES string of the molecule is CC(C)(C)CC(=O)N1CCC2(CC1)CC(=O)N1CC[C@@H](N)C[C@H]1C(=O)NCCOCCOCC(=O)N2. The number of hydrogen-bond donors (Lipinski definition) is 3. The second-order valence-corrected chi connectivity index (χ2v) is 11.5.